The normalized spacial score (nSPS) is 10.0. The summed E-state index contributed by atoms with van der Waals surface area (Å²) in [5, 5.41) is 6.47. The van der Waals surface area contributed by atoms with E-state index in [4.69, 9.17) is 10.5 Å². The molecule has 1 heterocycles. The van der Waals surface area contributed by atoms with E-state index in [0.717, 1.165) is 17.4 Å². The summed E-state index contributed by atoms with van der Waals surface area (Å²) in [5.74, 6) is -3.46. The van der Waals surface area contributed by atoms with Crippen LogP contribution in [0.3, 0.4) is 0 Å². The van der Waals surface area contributed by atoms with Crippen molar-refractivity contribution >= 4 is 40.0 Å². The van der Waals surface area contributed by atoms with Gasteiger partial charge in [-0.05, 0) is 29.6 Å². The highest BCUT2D eigenvalue weighted by Crippen LogP contribution is 2.22. The number of anilines is 1. The Morgan fingerprint density at radius 2 is 1.96 bits per heavy atom. The quantitative estimate of drug-likeness (QED) is 0.616. The fourth-order valence-electron chi connectivity index (χ4n) is 1.84. The average Bonchev–Trinajstić information content (AvgIpc) is 3.06. The highest BCUT2D eigenvalue weighted by Gasteiger charge is 2.14. The monoisotopic (exact) mass is 379 g/mol. The summed E-state index contributed by atoms with van der Waals surface area (Å²) >= 11 is 1.09. The van der Waals surface area contributed by atoms with Gasteiger partial charge in [0, 0.05) is 5.56 Å². The van der Waals surface area contributed by atoms with Crippen molar-refractivity contribution in [3.63, 3.8) is 0 Å². The molecule has 0 fully saturated rings. The van der Waals surface area contributed by atoms with Gasteiger partial charge in [0.25, 0.3) is 17.7 Å². The molecule has 1 aromatic carbocycles. The van der Waals surface area contributed by atoms with Gasteiger partial charge in [0.1, 0.15) is 17.4 Å². The first kappa shape index (κ1) is 19.1. The van der Waals surface area contributed by atoms with Crippen LogP contribution in [0.5, 0.6) is 0 Å². The molecule has 0 atom stereocenters. The molecule has 3 amide bonds. The summed E-state index contributed by atoms with van der Waals surface area (Å²) in [6, 6.07) is 6.40. The van der Waals surface area contributed by atoms with Crippen molar-refractivity contribution in [1.29, 1.82) is 0 Å². The number of carbonyl (C=O) groups is 4. The van der Waals surface area contributed by atoms with Crippen molar-refractivity contribution in [2.45, 2.75) is 0 Å². The second kappa shape index (κ2) is 8.72. The highest BCUT2D eigenvalue weighted by molar-refractivity contribution is 7.14. The molecule has 0 saturated heterocycles. The molecule has 0 radical (unpaired) electrons. The fourth-order valence-corrected chi connectivity index (χ4v) is 2.65. The lowest BCUT2D eigenvalue weighted by Crippen LogP contribution is -2.32. The molecule has 10 heteroatoms. The van der Waals surface area contributed by atoms with E-state index in [1.807, 2.05) is 0 Å². The number of esters is 1. The maximum absolute atomic E-state index is 13.0. The van der Waals surface area contributed by atoms with Gasteiger partial charge in [0.05, 0.1) is 5.56 Å². The van der Waals surface area contributed by atoms with Gasteiger partial charge >= 0.3 is 5.97 Å². The second-order valence-corrected chi connectivity index (χ2v) is 5.85. The third kappa shape index (κ3) is 5.38. The Morgan fingerprint density at radius 3 is 2.65 bits per heavy atom. The first-order valence-electron chi connectivity index (χ1n) is 7.23. The minimum absolute atomic E-state index is 0.0484. The van der Waals surface area contributed by atoms with E-state index in [0.29, 0.717) is 0 Å². The van der Waals surface area contributed by atoms with Crippen molar-refractivity contribution in [2.75, 3.05) is 18.5 Å². The number of halogens is 1. The summed E-state index contributed by atoms with van der Waals surface area (Å²) in [6.07, 6.45) is 0. The molecule has 26 heavy (non-hydrogen) atoms. The molecule has 0 aliphatic heterocycles. The predicted octanol–water partition coefficient (Wildman–Crippen LogP) is 0.898. The number of ether oxygens (including phenoxy) is 1. The van der Waals surface area contributed by atoms with Crippen LogP contribution in [-0.4, -0.2) is 36.8 Å². The van der Waals surface area contributed by atoms with E-state index in [9.17, 15) is 23.6 Å². The molecule has 0 bridgehead atoms. The van der Waals surface area contributed by atoms with Crippen LogP contribution in [0.25, 0.3) is 0 Å². The number of hydrogen-bond acceptors (Lipinski definition) is 6. The van der Waals surface area contributed by atoms with Crippen LogP contribution in [0.15, 0.2) is 35.7 Å². The van der Waals surface area contributed by atoms with Crippen LogP contribution in [0.1, 0.15) is 20.7 Å². The zero-order valence-corrected chi connectivity index (χ0v) is 14.1. The van der Waals surface area contributed by atoms with Crippen molar-refractivity contribution in [1.82, 2.24) is 5.32 Å². The number of hydrogen-bond donors (Lipinski definition) is 3. The topological polar surface area (TPSA) is 128 Å². The molecule has 1 aromatic heterocycles. The SMILES string of the molecule is NC(=O)c1ccsc1NC(=O)COC(=O)CNC(=O)c1cccc(F)c1. The summed E-state index contributed by atoms with van der Waals surface area (Å²) < 4.78 is 17.7. The third-order valence-electron chi connectivity index (χ3n) is 3.03. The zero-order chi connectivity index (χ0) is 19.1. The van der Waals surface area contributed by atoms with E-state index in [2.05, 4.69) is 10.6 Å². The van der Waals surface area contributed by atoms with Gasteiger partial charge in [0.15, 0.2) is 6.61 Å². The largest absolute Gasteiger partial charge is 0.454 e. The number of rotatable bonds is 7. The van der Waals surface area contributed by atoms with E-state index >= 15 is 0 Å². The zero-order valence-electron chi connectivity index (χ0n) is 13.3. The van der Waals surface area contributed by atoms with Crippen LogP contribution < -0.4 is 16.4 Å². The van der Waals surface area contributed by atoms with E-state index < -0.39 is 42.7 Å². The Labute approximate surface area is 151 Å². The molecule has 2 rings (SSSR count). The van der Waals surface area contributed by atoms with Gasteiger partial charge in [-0.15, -0.1) is 11.3 Å². The molecule has 4 N–H and O–H groups in total. The van der Waals surface area contributed by atoms with Crippen molar-refractivity contribution in [3.8, 4) is 0 Å². The van der Waals surface area contributed by atoms with Gasteiger partial charge < -0.3 is 21.1 Å². The summed E-state index contributed by atoms with van der Waals surface area (Å²) in [4.78, 5) is 46.2. The number of primary amides is 1. The molecule has 8 nitrogen and oxygen atoms in total. The molecule has 136 valence electrons. The molecular formula is C16H14FN3O5S. The van der Waals surface area contributed by atoms with Crippen LogP contribution in [0, 0.1) is 5.82 Å². The first-order chi connectivity index (χ1) is 12.4. The Kier molecular flexibility index (Phi) is 6.39. The lowest BCUT2D eigenvalue weighted by atomic mass is 10.2. The lowest BCUT2D eigenvalue weighted by molar-refractivity contribution is -0.146. The van der Waals surface area contributed by atoms with Gasteiger partial charge in [-0.25, -0.2) is 4.39 Å². The van der Waals surface area contributed by atoms with E-state index in [-0.39, 0.29) is 16.1 Å². The number of nitrogens with two attached hydrogens (primary N) is 1. The fraction of sp³-hybridized carbons (Fsp3) is 0.125. The summed E-state index contributed by atoms with van der Waals surface area (Å²) in [6.45, 7) is -1.10. The molecule has 0 saturated carbocycles. The van der Waals surface area contributed by atoms with Crippen molar-refractivity contribution in [3.05, 3.63) is 52.7 Å². The third-order valence-corrected chi connectivity index (χ3v) is 3.86. The Hall–Kier alpha value is -3.27. The molecule has 2 aromatic rings. The molecule has 0 aliphatic rings. The van der Waals surface area contributed by atoms with Gasteiger partial charge in [-0.3, -0.25) is 19.2 Å². The summed E-state index contributed by atoms with van der Waals surface area (Å²) in [7, 11) is 0. The average molecular weight is 379 g/mol. The van der Waals surface area contributed by atoms with Crippen molar-refractivity contribution in [2.24, 2.45) is 5.73 Å². The Bertz CT molecular complexity index is 852. The Balaban J connectivity index is 1.76. The van der Waals surface area contributed by atoms with Gasteiger partial charge in [-0.2, -0.15) is 0 Å². The van der Waals surface area contributed by atoms with E-state index in [1.165, 1.54) is 24.3 Å². The molecular weight excluding hydrogens is 365 g/mol. The second-order valence-electron chi connectivity index (χ2n) is 4.93. The van der Waals surface area contributed by atoms with Crippen LogP contribution >= 0.6 is 11.3 Å². The first-order valence-corrected chi connectivity index (χ1v) is 8.11. The number of carbonyl (C=O) groups excluding carboxylic acids is 4. The highest BCUT2D eigenvalue weighted by atomic mass is 32.1. The number of thiophene rings is 1. The number of nitrogens with one attached hydrogen (secondary N) is 2. The standard InChI is InChI=1S/C16H14FN3O5S/c17-10-3-1-2-9(6-10)15(24)19-7-13(22)25-8-12(21)20-16-11(14(18)23)4-5-26-16/h1-6H,7-8H2,(H2,18,23)(H,19,24)(H,20,21). The van der Waals surface area contributed by atoms with E-state index in [1.54, 1.807) is 5.38 Å². The minimum Gasteiger partial charge on any atom is -0.454 e. The Morgan fingerprint density at radius 1 is 1.19 bits per heavy atom. The maximum Gasteiger partial charge on any atom is 0.325 e. The van der Waals surface area contributed by atoms with Crippen LogP contribution in [0.4, 0.5) is 9.39 Å². The number of amides is 3. The molecule has 0 spiro atoms. The molecule has 0 aliphatic carbocycles. The van der Waals surface area contributed by atoms with Crippen LogP contribution in [-0.2, 0) is 14.3 Å². The van der Waals surface area contributed by atoms with Crippen molar-refractivity contribution < 1.29 is 28.3 Å². The van der Waals surface area contributed by atoms with Gasteiger partial charge in [-0.1, -0.05) is 6.07 Å². The minimum atomic E-state index is -0.855. The molecule has 0 unspecified atom stereocenters. The lowest BCUT2D eigenvalue weighted by Gasteiger charge is -2.07. The number of benzene rings is 1. The van der Waals surface area contributed by atoms with Crippen LogP contribution in [0.2, 0.25) is 0 Å². The van der Waals surface area contributed by atoms with Gasteiger partial charge in [0.2, 0.25) is 0 Å². The predicted molar refractivity (Wildman–Crippen MR) is 91.2 cm³/mol. The summed E-state index contributed by atoms with van der Waals surface area (Å²) in [5.41, 5.74) is 5.35. The maximum atomic E-state index is 13.0. The smallest absolute Gasteiger partial charge is 0.325 e.